The van der Waals surface area contributed by atoms with Crippen LogP contribution in [0.1, 0.15) is 26.7 Å². The zero-order chi connectivity index (χ0) is 15.8. The molecule has 1 unspecified atom stereocenters. The molecule has 2 rings (SSSR count). The largest absolute Gasteiger partial charge is 0.398 e. The van der Waals surface area contributed by atoms with Crippen molar-refractivity contribution in [1.82, 2.24) is 4.72 Å². The van der Waals surface area contributed by atoms with Crippen molar-refractivity contribution in [3.05, 3.63) is 22.4 Å². The monoisotopic (exact) mass is 380 g/mol. The number of anilines is 1. The van der Waals surface area contributed by atoms with Crippen molar-refractivity contribution >= 4 is 31.6 Å². The number of halogens is 2. The van der Waals surface area contributed by atoms with E-state index in [4.69, 9.17) is 10.5 Å². The zero-order valence-electron chi connectivity index (χ0n) is 11.8. The van der Waals surface area contributed by atoms with Crippen LogP contribution in [0.15, 0.2) is 21.5 Å². The highest BCUT2D eigenvalue weighted by molar-refractivity contribution is 9.10. The van der Waals surface area contributed by atoms with Crippen molar-refractivity contribution < 1.29 is 17.5 Å². The summed E-state index contributed by atoms with van der Waals surface area (Å²) in [5.41, 5.74) is 5.41. The van der Waals surface area contributed by atoms with E-state index in [1.807, 2.05) is 13.8 Å². The van der Waals surface area contributed by atoms with Gasteiger partial charge < -0.3 is 10.5 Å². The van der Waals surface area contributed by atoms with Crippen LogP contribution in [0.4, 0.5) is 10.1 Å². The van der Waals surface area contributed by atoms with Gasteiger partial charge in [-0.3, -0.25) is 0 Å². The van der Waals surface area contributed by atoms with Crippen LogP contribution in [0.3, 0.4) is 0 Å². The van der Waals surface area contributed by atoms with Crippen LogP contribution >= 0.6 is 15.9 Å². The van der Waals surface area contributed by atoms with Crippen molar-refractivity contribution in [2.45, 2.75) is 43.2 Å². The summed E-state index contributed by atoms with van der Waals surface area (Å²) >= 11 is 3.06. The minimum Gasteiger partial charge on any atom is -0.398 e. The number of benzene rings is 1. The summed E-state index contributed by atoms with van der Waals surface area (Å²) < 4.78 is 47.0. The summed E-state index contributed by atoms with van der Waals surface area (Å²) in [6, 6.07) is 1.88. The molecule has 1 saturated heterocycles. The third-order valence-electron chi connectivity index (χ3n) is 3.36. The van der Waals surface area contributed by atoms with Gasteiger partial charge >= 0.3 is 0 Å². The maximum absolute atomic E-state index is 13.9. The standard InChI is InChI=1S/C13H18BrFN2O3S/c1-13(2)7-8(3-4-20-13)17-21(18,19)12-6-11(16)9(14)5-10(12)15/h5-6,8,17H,3-4,7,16H2,1-2H3. The molecular weight excluding hydrogens is 363 g/mol. The number of hydrogen-bond acceptors (Lipinski definition) is 4. The Balaban J connectivity index is 2.25. The Labute approximate surface area is 132 Å². The van der Waals surface area contributed by atoms with Gasteiger partial charge in [0.1, 0.15) is 10.7 Å². The van der Waals surface area contributed by atoms with Crippen LogP contribution in [0.25, 0.3) is 0 Å². The first-order chi connectivity index (χ1) is 9.61. The Morgan fingerprint density at radius 2 is 2.14 bits per heavy atom. The molecule has 3 N–H and O–H groups in total. The average molecular weight is 381 g/mol. The fourth-order valence-corrected chi connectivity index (χ4v) is 4.05. The van der Waals surface area contributed by atoms with E-state index in [0.29, 0.717) is 23.9 Å². The van der Waals surface area contributed by atoms with Crippen LogP contribution in [-0.4, -0.2) is 26.7 Å². The molecule has 1 aliphatic heterocycles. The lowest BCUT2D eigenvalue weighted by Gasteiger charge is -2.35. The van der Waals surface area contributed by atoms with E-state index in [2.05, 4.69) is 20.7 Å². The van der Waals surface area contributed by atoms with E-state index in [0.717, 1.165) is 12.1 Å². The van der Waals surface area contributed by atoms with Gasteiger partial charge in [-0.05, 0) is 54.8 Å². The van der Waals surface area contributed by atoms with Crippen molar-refractivity contribution in [3.63, 3.8) is 0 Å². The molecule has 0 spiro atoms. The van der Waals surface area contributed by atoms with Crippen molar-refractivity contribution in [2.24, 2.45) is 0 Å². The minimum absolute atomic E-state index is 0.170. The van der Waals surface area contributed by atoms with Gasteiger partial charge in [0, 0.05) is 22.8 Å². The molecule has 1 aromatic carbocycles. The van der Waals surface area contributed by atoms with E-state index >= 15 is 0 Å². The van der Waals surface area contributed by atoms with E-state index in [9.17, 15) is 12.8 Å². The van der Waals surface area contributed by atoms with Crippen LogP contribution in [0.5, 0.6) is 0 Å². The quantitative estimate of drug-likeness (QED) is 0.788. The first-order valence-electron chi connectivity index (χ1n) is 6.51. The molecule has 21 heavy (non-hydrogen) atoms. The van der Waals surface area contributed by atoms with E-state index in [-0.39, 0.29) is 11.7 Å². The topological polar surface area (TPSA) is 81.4 Å². The summed E-state index contributed by atoms with van der Waals surface area (Å²) in [7, 11) is -3.96. The van der Waals surface area contributed by atoms with Crippen LogP contribution < -0.4 is 10.5 Å². The van der Waals surface area contributed by atoms with E-state index in [1.54, 1.807) is 0 Å². The molecule has 5 nitrogen and oxygen atoms in total. The molecule has 1 heterocycles. The lowest BCUT2D eigenvalue weighted by Crippen LogP contribution is -2.45. The molecule has 118 valence electrons. The van der Waals surface area contributed by atoms with Gasteiger partial charge in [-0.2, -0.15) is 0 Å². The van der Waals surface area contributed by atoms with Crippen LogP contribution in [0.2, 0.25) is 0 Å². The first-order valence-corrected chi connectivity index (χ1v) is 8.79. The highest BCUT2D eigenvalue weighted by Crippen LogP contribution is 2.28. The van der Waals surface area contributed by atoms with Gasteiger partial charge in [-0.15, -0.1) is 0 Å². The molecule has 0 amide bonds. The average Bonchev–Trinajstić information content (AvgIpc) is 2.31. The molecule has 1 aliphatic rings. The molecule has 0 aromatic heterocycles. The van der Waals surface area contributed by atoms with Crippen molar-refractivity contribution in [2.75, 3.05) is 12.3 Å². The molecule has 1 fully saturated rings. The lowest BCUT2D eigenvalue weighted by molar-refractivity contribution is -0.0599. The van der Waals surface area contributed by atoms with Crippen molar-refractivity contribution in [1.29, 1.82) is 0 Å². The van der Waals surface area contributed by atoms with Crippen LogP contribution in [-0.2, 0) is 14.8 Å². The molecule has 1 aromatic rings. The maximum Gasteiger partial charge on any atom is 0.243 e. The van der Waals surface area contributed by atoms with E-state index in [1.165, 1.54) is 0 Å². The van der Waals surface area contributed by atoms with Gasteiger partial charge in [0.05, 0.1) is 5.60 Å². The number of nitrogen functional groups attached to an aromatic ring is 1. The third kappa shape index (κ3) is 3.94. The minimum atomic E-state index is -3.96. The van der Waals surface area contributed by atoms with Crippen LogP contribution in [0, 0.1) is 5.82 Å². The number of ether oxygens (including phenoxy) is 1. The molecule has 0 aliphatic carbocycles. The zero-order valence-corrected chi connectivity index (χ0v) is 14.2. The molecule has 0 bridgehead atoms. The molecule has 0 saturated carbocycles. The second-order valence-electron chi connectivity index (χ2n) is 5.72. The summed E-state index contributed by atoms with van der Waals surface area (Å²) in [4.78, 5) is -0.438. The summed E-state index contributed by atoms with van der Waals surface area (Å²) in [5.74, 6) is -0.838. The Hall–Kier alpha value is -0.700. The fourth-order valence-electron chi connectivity index (χ4n) is 2.37. The number of nitrogens with two attached hydrogens (primary N) is 1. The molecule has 8 heteroatoms. The Bertz CT molecular complexity index is 649. The fraction of sp³-hybridized carbons (Fsp3) is 0.538. The highest BCUT2D eigenvalue weighted by Gasteiger charge is 2.32. The predicted molar refractivity (Wildman–Crippen MR) is 81.9 cm³/mol. The van der Waals surface area contributed by atoms with Crippen molar-refractivity contribution in [3.8, 4) is 0 Å². The van der Waals surface area contributed by atoms with Gasteiger partial charge in [0.25, 0.3) is 0 Å². The summed E-state index contributed by atoms with van der Waals surface area (Å²) in [6.45, 7) is 4.25. The molecule has 0 radical (unpaired) electrons. The smallest absolute Gasteiger partial charge is 0.243 e. The maximum atomic E-state index is 13.9. The summed E-state index contributed by atoms with van der Waals surface area (Å²) in [6.07, 6.45) is 1.08. The lowest BCUT2D eigenvalue weighted by atomic mass is 9.95. The van der Waals surface area contributed by atoms with Gasteiger partial charge in [0.15, 0.2) is 0 Å². The number of nitrogens with one attached hydrogen (secondary N) is 1. The SMILES string of the molecule is CC1(C)CC(NS(=O)(=O)c2cc(N)c(Br)cc2F)CCO1. The number of hydrogen-bond donors (Lipinski definition) is 2. The first kappa shape index (κ1) is 16.7. The molecular formula is C13H18BrFN2O3S. The second-order valence-corrected chi connectivity index (χ2v) is 8.26. The second kappa shape index (κ2) is 5.83. The molecule has 1 atom stereocenters. The normalized spacial score (nSPS) is 22.2. The number of rotatable bonds is 3. The summed E-state index contributed by atoms with van der Waals surface area (Å²) in [5, 5.41) is 0. The van der Waals surface area contributed by atoms with E-state index < -0.39 is 26.3 Å². The third-order valence-corrected chi connectivity index (χ3v) is 5.58. The van der Waals surface area contributed by atoms with Gasteiger partial charge in [-0.1, -0.05) is 0 Å². The highest BCUT2D eigenvalue weighted by atomic mass is 79.9. The number of sulfonamides is 1. The Morgan fingerprint density at radius 1 is 1.48 bits per heavy atom. The Morgan fingerprint density at radius 3 is 2.76 bits per heavy atom. The van der Waals surface area contributed by atoms with Gasteiger partial charge in [-0.25, -0.2) is 17.5 Å². The predicted octanol–water partition coefficient (Wildman–Crippen LogP) is 2.41. The van der Waals surface area contributed by atoms with Gasteiger partial charge in [0.2, 0.25) is 10.0 Å². The Kier molecular flexibility index (Phi) is 4.63.